The fourth-order valence-electron chi connectivity index (χ4n) is 2.62. The van der Waals surface area contributed by atoms with Gasteiger partial charge in [0.1, 0.15) is 11.6 Å². The maximum absolute atomic E-state index is 9.67. The van der Waals surface area contributed by atoms with Crippen LogP contribution in [0.5, 0.6) is 5.75 Å². The van der Waals surface area contributed by atoms with Gasteiger partial charge in [-0.2, -0.15) is 4.98 Å². The highest BCUT2D eigenvalue weighted by Gasteiger charge is 2.13. The number of aliphatic hydroxyl groups is 1. The molecule has 3 aromatic rings. The van der Waals surface area contributed by atoms with Crippen LogP contribution in [0, 0.1) is 0 Å². The number of benzene rings is 2. The van der Waals surface area contributed by atoms with Crippen molar-refractivity contribution in [3.63, 3.8) is 0 Å². The quantitative estimate of drug-likeness (QED) is 0.599. The Morgan fingerprint density at radius 3 is 2.58 bits per heavy atom. The minimum absolute atomic E-state index is 0.180. The number of ether oxygens (including phenoxy) is 1. The number of hydrogen-bond acceptors (Lipinski definition) is 7. The van der Waals surface area contributed by atoms with E-state index in [0.717, 1.165) is 28.2 Å². The van der Waals surface area contributed by atoms with Crippen LogP contribution >= 0.6 is 0 Å². The van der Waals surface area contributed by atoms with Gasteiger partial charge in [-0.25, -0.2) is 4.98 Å². The van der Waals surface area contributed by atoms with Crippen molar-refractivity contribution in [3.8, 4) is 5.75 Å². The molecule has 0 aliphatic carbocycles. The summed E-state index contributed by atoms with van der Waals surface area (Å²) in [7, 11) is 3.60. The minimum atomic E-state index is -0.646. The summed E-state index contributed by atoms with van der Waals surface area (Å²) >= 11 is 0. The fourth-order valence-corrected chi connectivity index (χ4v) is 2.62. The number of methoxy groups -OCH3 is 1. The summed E-state index contributed by atoms with van der Waals surface area (Å²) in [5.74, 6) is 2.02. The Balaban J connectivity index is 1.98. The average Bonchev–Trinajstić information content (AvgIpc) is 2.70. The van der Waals surface area contributed by atoms with Crippen molar-refractivity contribution < 1.29 is 9.84 Å². The molecule has 0 aliphatic heterocycles. The Labute approximate surface area is 152 Å². The van der Waals surface area contributed by atoms with Gasteiger partial charge < -0.3 is 25.8 Å². The first-order valence-electron chi connectivity index (χ1n) is 8.39. The number of fused-ring (bicyclic) bond motifs is 1. The SMILES string of the molecule is COc1ccc(N(C)c2nc(NCC(O)CN)nc3ccccc23)cc1. The third-order valence-corrected chi connectivity index (χ3v) is 4.13. The lowest BCUT2D eigenvalue weighted by Crippen LogP contribution is -2.28. The molecule has 0 bridgehead atoms. The van der Waals surface area contributed by atoms with E-state index in [1.807, 2.05) is 60.5 Å². The molecule has 2 aromatic carbocycles. The van der Waals surface area contributed by atoms with Crippen LogP contribution in [0.2, 0.25) is 0 Å². The second-order valence-corrected chi connectivity index (χ2v) is 5.92. The average molecular weight is 353 g/mol. The second-order valence-electron chi connectivity index (χ2n) is 5.92. The van der Waals surface area contributed by atoms with Crippen molar-refractivity contribution >= 4 is 28.4 Å². The molecule has 7 nitrogen and oxygen atoms in total. The van der Waals surface area contributed by atoms with Crippen LogP contribution in [0.15, 0.2) is 48.5 Å². The molecule has 0 fully saturated rings. The molecule has 26 heavy (non-hydrogen) atoms. The Kier molecular flexibility index (Phi) is 5.50. The number of hydrogen-bond donors (Lipinski definition) is 3. The molecule has 0 amide bonds. The summed E-state index contributed by atoms with van der Waals surface area (Å²) in [6.07, 6.45) is -0.646. The van der Waals surface area contributed by atoms with Crippen molar-refractivity contribution in [3.05, 3.63) is 48.5 Å². The number of anilines is 3. The Hall–Kier alpha value is -2.90. The van der Waals surface area contributed by atoms with Crippen LogP contribution in [0.4, 0.5) is 17.5 Å². The normalized spacial score (nSPS) is 12.0. The molecule has 1 atom stereocenters. The molecule has 0 spiro atoms. The lowest BCUT2D eigenvalue weighted by Gasteiger charge is -2.21. The number of aromatic nitrogens is 2. The van der Waals surface area contributed by atoms with E-state index in [1.54, 1.807) is 7.11 Å². The van der Waals surface area contributed by atoms with E-state index in [0.29, 0.717) is 12.5 Å². The van der Waals surface area contributed by atoms with Gasteiger partial charge in [0.25, 0.3) is 0 Å². The van der Waals surface area contributed by atoms with E-state index in [2.05, 4.69) is 15.3 Å². The molecular formula is C19H23N5O2. The molecular weight excluding hydrogens is 330 g/mol. The maximum Gasteiger partial charge on any atom is 0.225 e. The van der Waals surface area contributed by atoms with Crippen molar-refractivity contribution in [2.45, 2.75) is 6.10 Å². The van der Waals surface area contributed by atoms with Gasteiger partial charge in [0, 0.05) is 31.2 Å². The minimum Gasteiger partial charge on any atom is -0.497 e. The van der Waals surface area contributed by atoms with Crippen molar-refractivity contribution in [1.29, 1.82) is 0 Å². The lowest BCUT2D eigenvalue weighted by molar-refractivity contribution is 0.196. The molecule has 1 aromatic heterocycles. The molecule has 0 radical (unpaired) electrons. The molecule has 0 saturated heterocycles. The van der Waals surface area contributed by atoms with Gasteiger partial charge >= 0.3 is 0 Å². The number of nitrogens with two attached hydrogens (primary N) is 1. The second kappa shape index (κ2) is 7.99. The Morgan fingerprint density at radius 1 is 1.15 bits per heavy atom. The van der Waals surface area contributed by atoms with Crippen LogP contribution in [0.1, 0.15) is 0 Å². The summed E-state index contributed by atoms with van der Waals surface area (Å²) in [5.41, 5.74) is 7.25. The standard InChI is InChI=1S/C19H23N5O2/c1-24(13-7-9-15(26-2)10-8-13)18-16-5-3-4-6-17(16)22-19(23-18)21-12-14(25)11-20/h3-10,14,25H,11-12,20H2,1-2H3,(H,21,22,23). The lowest BCUT2D eigenvalue weighted by atomic mass is 10.2. The number of rotatable bonds is 7. The summed E-state index contributed by atoms with van der Waals surface area (Å²) < 4.78 is 5.22. The summed E-state index contributed by atoms with van der Waals surface area (Å²) in [5, 5.41) is 13.7. The van der Waals surface area contributed by atoms with E-state index in [9.17, 15) is 5.11 Å². The van der Waals surface area contributed by atoms with Crippen molar-refractivity contribution in [1.82, 2.24) is 9.97 Å². The maximum atomic E-state index is 9.67. The van der Waals surface area contributed by atoms with E-state index in [4.69, 9.17) is 10.5 Å². The molecule has 4 N–H and O–H groups in total. The van der Waals surface area contributed by atoms with Crippen LogP contribution in [-0.4, -0.2) is 48.4 Å². The number of nitrogens with zero attached hydrogens (tertiary/aromatic N) is 3. The summed E-state index contributed by atoms with van der Waals surface area (Å²) in [6, 6.07) is 15.6. The molecule has 1 unspecified atom stereocenters. The van der Waals surface area contributed by atoms with Crippen LogP contribution < -0.4 is 20.7 Å². The number of para-hydroxylation sites is 1. The van der Waals surface area contributed by atoms with Gasteiger partial charge in [0.2, 0.25) is 5.95 Å². The van der Waals surface area contributed by atoms with Crippen molar-refractivity contribution in [2.24, 2.45) is 5.73 Å². The van der Waals surface area contributed by atoms with E-state index in [-0.39, 0.29) is 6.54 Å². The monoisotopic (exact) mass is 353 g/mol. The van der Waals surface area contributed by atoms with E-state index in [1.165, 1.54) is 0 Å². The molecule has 0 aliphatic rings. The first kappa shape index (κ1) is 17.9. The molecule has 7 heteroatoms. The Bertz CT molecular complexity index is 869. The van der Waals surface area contributed by atoms with E-state index >= 15 is 0 Å². The van der Waals surface area contributed by atoms with Gasteiger partial charge in [-0.1, -0.05) is 12.1 Å². The first-order chi connectivity index (χ1) is 12.6. The van der Waals surface area contributed by atoms with Gasteiger partial charge in [-0.05, 0) is 36.4 Å². The zero-order chi connectivity index (χ0) is 18.5. The highest BCUT2D eigenvalue weighted by atomic mass is 16.5. The smallest absolute Gasteiger partial charge is 0.225 e. The molecule has 3 rings (SSSR count). The summed E-state index contributed by atoms with van der Waals surface area (Å²) in [4.78, 5) is 11.2. The summed E-state index contributed by atoms with van der Waals surface area (Å²) in [6.45, 7) is 0.472. The third kappa shape index (κ3) is 3.84. The predicted molar refractivity (Wildman–Crippen MR) is 104 cm³/mol. The zero-order valence-corrected chi connectivity index (χ0v) is 14.9. The fraction of sp³-hybridized carbons (Fsp3) is 0.263. The zero-order valence-electron chi connectivity index (χ0n) is 14.9. The Morgan fingerprint density at radius 2 is 1.88 bits per heavy atom. The highest BCUT2D eigenvalue weighted by Crippen LogP contribution is 2.30. The molecule has 1 heterocycles. The topological polar surface area (TPSA) is 96.5 Å². The van der Waals surface area contributed by atoms with Gasteiger partial charge in [0.15, 0.2) is 0 Å². The molecule has 0 saturated carbocycles. The van der Waals surface area contributed by atoms with Gasteiger partial charge in [-0.15, -0.1) is 0 Å². The number of aliphatic hydroxyl groups excluding tert-OH is 1. The van der Waals surface area contributed by atoms with Crippen LogP contribution in [0.25, 0.3) is 10.9 Å². The van der Waals surface area contributed by atoms with Crippen LogP contribution in [-0.2, 0) is 0 Å². The van der Waals surface area contributed by atoms with Gasteiger partial charge in [-0.3, -0.25) is 0 Å². The first-order valence-corrected chi connectivity index (χ1v) is 8.39. The third-order valence-electron chi connectivity index (χ3n) is 4.13. The van der Waals surface area contributed by atoms with Crippen molar-refractivity contribution in [2.75, 3.05) is 37.5 Å². The van der Waals surface area contributed by atoms with E-state index < -0.39 is 6.10 Å². The predicted octanol–water partition coefficient (Wildman–Crippen LogP) is 2.14. The molecule has 136 valence electrons. The van der Waals surface area contributed by atoms with Crippen LogP contribution in [0.3, 0.4) is 0 Å². The largest absolute Gasteiger partial charge is 0.497 e. The van der Waals surface area contributed by atoms with Gasteiger partial charge in [0.05, 0.1) is 18.7 Å². The highest BCUT2D eigenvalue weighted by molar-refractivity contribution is 5.92. The number of nitrogens with one attached hydrogen (secondary N) is 1.